The van der Waals surface area contributed by atoms with Crippen molar-refractivity contribution in [2.24, 2.45) is 0 Å². The normalized spacial score (nSPS) is 12.0. The van der Waals surface area contributed by atoms with Crippen molar-refractivity contribution >= 4 is 22.4 Å². The lowest BCUT2D eigenvalue weighted by atomic mass is 9.98. The van der Waals surface area contributed by atoms with E-state index in [9.17, 15) is 4.79 Å². The number of carbonyl (C=O) groups is 1. The second-order valence-electron chi connectivity index (χ2n) is 6.39. The molecule has 0 fully saturated rings. The number of hydrogen-bond acceptors (Lipinski definition) is 3. The Bertz CT molecular complexity index is 916. The van der Waals surface area contributed by atoms with E-state index in [0.29, 0.717) is 5.56 Å². The van der Waals surface area contributed by atoms with Crippen molar-refractivity contribution in [1.82, 2.24) is 5.32 Å². The average Bonchev–Trinajstić information content (AvgIpc) is 2.67. The van der Waals surface area contributed by atoms with Gasteiger partial charge in [-0.15, -0.1) is 0 Å². The maximum absolute atomic E-state index is 12.3. The number of amides is 1. The highest BCUT2D eigenvalue weighted by Gasteiger charge is 2.14. The molecule has 3 rings (SSSR count). The molecule has 3 aromatic carbocycles. The third kappa shape index (κ3) is 3.70. The molecule has 0 bridgehead atoms. The Morgan fingerprint density at radius 2 is 1.77 bits per heavy atom. The van der Waals surface area contributed by atoms with Crippen molar-refractivity contribution in [3.63, 3.8) is 0 Å². The summed E-state index contributed by atoms with van der Waals surface area (Å²) >= 11 is 0. The van der Waals surface area contributed by atoms with Crippen LogP contribution in [-0.2, 0) is 0 Å². The largest absolute Gasteiger partial charge is 0.395 e. The van der Waals surface area contributed by atoms with Crippen LogP contribution in [0.25, 0.3) is 10.8 Å². The molecule has 3 N–H and O–H groups in total. The molecule has 1 atom stereocenters. The van der Waals surface area contributed by atoms with Gasteiger partial charge in [0, 0.05) is 23.8 Å². The van der Waals surface area contributed by atoms with Gasteiger partial charge in [0.2, 0.25) is 0 Å². The lowest BCUT2D eigenvalue weighted by molar-refractivity contribution is 0.0944. The second kappa shape index (κ2) is 8.02. The van der Waals surface area contributed by atoms with Crippen LogP contribution in [0.2, 0.25) is 0 Å². The Morgan fingerprint density at radius 1 is 1.04 bits per heavy atom. The molecule has 0 aliphatic rings. The van der Waals surface area contributed by atoms with Gasteiger partial charge in [-0.2, -0.15) is 0 Å². The molecule has 134 valence electrons. The van der Waals surface area contributed by atoms with E-state index in [-0.39, 0.29) is 25.1 Å². The lowest BCUT2D eigenvalue weighted by Crippen LogP contribution is -2.27. The van der Waals surface area contributed by atoms with Crippen molar-refractivity contribution in [3.05, 3.63) is 77.4 Å². The van der Waals surface area contributed by atoms with Gasteiger partial charge in [-0.05, 0) is 47.9 Å². The molecule has 0 saturated heterocycles. The highest BCUT2D eigenvalue weighted by molar-refractivity contribution is 5.97. The third-order valence-electron chi connectivity index (χ3n) is 4.64. The van der Waals surface area contributed by atoms with E-state index in [1.807, 2.05) is 25.1 Å². The van der Waals surface area contributed by atoms with Crippen LogP contribution in [0.4, 0.5) is 5.69 Å². The minimum absolute atomic E-state index is 0.0686. The van der Waals surface area contributed by atoms with Crippen LogP contribution in [0, 0.1) is 6.92 Å². The van der Waals surface area contributed by atoms with Gasteiger partial charge in [0.15, 0.2) is 0 Å². The summed E-state index contributed by atoms with van der Waals surface area (Å²) in [5.74, 6) is -0.169. The van der Waals surface area contributed by atoms with Crippen LogP contribution < -0.4 is 10.6 Å². The first-order valence-electron chi connectivity index (χ1n) is 8.84. The highest BCUT2D eigenvalue weighted by atomic mass is 16.3. The number of fused-ring (bicyclic) bond motifs is 1. The van der Waals surface area contributed by atoms with Crippen LogP contribution in [0.3, 0.4) is 0 Å². The number of aliphatic hydroxyl groups excluding tert-OH is 1. The molecule has 3 aromatic rings. The zero-order valence-corrected chi connectivity index (χ0v) is 15.1. The molecule has 0 aliphatic heterocycles. The summed E-state index contributed by atoms with van der Waals surface area (Å²) in [5, 5.41) is 17.6. The maximum Gasteiger partial charge on any atom is 0.251 e. The van der Waals surface area contributed by atoms with E-state index >= 15 is 0 Å². The zero-order chi connectivity index (χ0) is 18.5. The Kier molecular flexibility index (Phi) is 5.54. The van der Waals surface area contributed by atoms with Crippen molar-refractivity contribution in [2.75, 3.05) is 18.5 Å². The molecular formula is C22H24N2O2. The Morgan fingerprint density at radius 3 is 2.58 bits per heavy atom. The van der Waals surface area contributed by atoms with Crippen LogP contribution in [0.15, 0.2) is 60.7 Å². The fourth-order valence-corrected chi connectivity index (χ4v) is 3.24. The standard InChI is InChI=1S/C22H24N2O2/c1-15-18(22(26)23-13-14-25)10-6-12-21(15)24-16(2)19-11-5-8-17-7-3-4-9-20(17)19/h3-12,16,24-25H,13-14H2,1-2H3,(H,23,26). The molecule has 4 nitrogen and oxygen atoms in total. The molecule has 1 amide bonds. The second-order valence-corrected chi connectivity index (χ2v) is 6.39. The van der Waals surface area contributed by atoms with E-state index in [1.54, 1.807) is 6.07 Å². The fraction of sp³-hybridized carbons (Fsp3) is 0.227. The zero-order valence-electron chi connectivity index (χ0n) is 15.1. The average molecular weight is 348 g/mol. The van der Waals surface area contributed by atoms with E-state index in [0.717, 1.165) is 11.3 Å². The minimum atomic E-state index is -0.169. The monoisotopic (exact) mass is 348 g/mol. The summed E-state index contributed by atoms with van der Waals surface area (Å²) in [5.41, 5.74) is 3.67. The topological polar surface area (TPSA) is 61.4 Å². The molecule has 4 heteroatoms. The van der Waals surface area contributed by atoms with Crippen molar-refractivity contribution < 1.29 is 9.90 Å². The summed E-state index contributed by atoms with van der Waals surface area (Å²) < 4.78 is 0. The minimum Gasteiger partial charge on any atom is -0.395 e. The van der Waals surface area contributed by atoms with Crippen LogP contribution in [0.1, 0.15) is 34.5 Å². The summed E-state index contributed by atoms with van der Waals surface area (Å²) in [6, 6.07) is 20.4. The van der Waals surface area contributed by atoms with Gasteiger partial charge in [-0.1, -0.05) is 48.5 Å². The molecular weight excluding hydrogens is 324 g/mol. The number of nitrogens with one attached hydrogen (secondary N) is 2. The van der Waals surface area contributed by atoms with Gasteiger partial charge in [-0.3, -0.25) is 4.79 Å². The van der Waals surface area contributed by atoms with Gasteiger partial charge in [-0.25, -0.2) is 0 Å². The third-order valence-corrected chi connectivity index (χ3v) is 4.64. The molecule has 0 aliphatic carbocycles. The summed E-state index contributed by atoms with van der Waals surface area (Å²) in [6.07, 6.45) is 0. The van der Waals surface area contributed by atoms with Gasteiger partial charge < -0.3 is 15.7 Å². The highest BCUT2D eigenvalue weighted by Crippen LogP contribution is 2.28. The van der Waals surface area contributed by atoms with E-state index < -0.39 is 0 Å². The fourth-order valence-electron chi connectivity index (χ4n) is 3.24. The molecule has 0 heterocycles. The van der Waals surface area contributed by atoms with E-state index in [4.69, 9.17) is 5.11 Å². The van der Waals surface area contributed by atoms with Gasteiger partial charge in [0.05, 0.1) is 6.61 Å². The molecule has 0 saturated carbocycles. The smallest absolute Gasteiger partial charge is 0.251 e. The molecule has 1 unspecified atom stereocenters. The first kappa shape index (κ1) is 18.0. The molecule has 0 spiro atoms. The summed E-state index contributed by atoms with van der Waals surface area (Å²) in [4.78, 5) is 12.3. The van der Waals surface area contributed by atoms with Crippen LogP contribution in [-0.4, -0.2) is 24.2 Å². The number of benzene rings is 3. The first-order valence-corrected chi connectivity index (χ1v) is 8.84. The lowest BCUT2D eigenvalue weighted by Gasteiger charge is -2.20. The van der Waals surface area contributed by atoms with E-state index in [1.165, 1.54) is 16.3 Å². The Labute approximate surface area is 153 Å². The van der Waals surface area contributed by atoms with Gasteiger partial charge in [0.25, 0.3) is 5.91 Å². The van der Waals surface area contributed by atoms with Crippen molar-refractivity contribution in [2.45, 2.75) is 19.9 Å². The Hall–Kier alpha value is -2.85. The number of rotatable bonds is 6. The van der Waals surface area contributed by atoms with Crippen LogP contribution in [0.5, 0.6) is 0 Å². The summed E-state index contributed by atoms with van der Waals surface area (Å²) in [6.45, 7) is 4.24. The first-order chi connectivity index (χ1) is 12.6. The predicted octanol–water partition coefficient (Wildman–Crippen LogP) is 4.04. The quantitative estimate of drug-likeness (QED) is 0.630. The number of aliphatic hydroxyl groups is 1. The van der Waals surface area contributed by atoms with E-state index in [2.05, 4.69) is 54.0 Å². The van der Waals surface area contributed by atoms with Gasteiger partial charge >= 0.3 is 0 Å². The molecule has 0 radical (unpaired) electrons. The predicted molar refractivity (Wildman–Crippen MR) is 107 cm³/mol. The SMILES string of the molecule is Cc1c(NC(C)c2cccc3ccccc23)cccc1C(=O)NCCO. The number of carbonyl (C=O) groups excluding carboxylic acids is 1. The Balaban J connectivity index is 1.87. The molecule has 0 aromatic heterocycles. The number of anilines is 1. The van der Waals surface area contributed by atoms with Gasteiger partial charge in [0.1, 0.15) is 0 Å². The molecule has 26 heavy (non-hydrogen) atoms. The number of hydrogen-bond donors (Lipinski definition) is 3. The van der Waals surface area contributed by atoms with Crippen molar-refractivity contribution in [1.29, 1.82) is 0 Å². The summed E-state index contributed by atoms with van der Waals surface area (Å²) in [7, 11) is 0. The maximum atomic E-state index is 12.3. The van der Waals surface area contributed by atoms with Crippen molar-refractivity contribution in [3.8, 4) is 0 Å². The van der Waals surface area contributed by atoms with Crippen LogP contribution >= 0.6 is 0 Å².